The number of nitrogens with zero attached hydrogens (tertiary/aromatic N) is 2. The second-order valence-electron chi connectivity index (χ2n) is 8.05. The largest absolute Gasteiger partial charge is 0.493 e. The Balaban J connectivity index is 1.76. The lowest BCUT2D eigenvalue weighted by atomic mass is 9.91. The summed E-state index contributed by atoms with van der Waals surface area (Å²) in [6.07, 6.45) is 0.541. The number of nitro benzene ring substituents is 1. The normalized spacial score (nSPS) is 14.6. The maximum absolute atomic E-state index is 13.7. The van der Waals surface area contributed by atoms with E-state index in [1.165, 1.54) is 18.2 Å². The summed E-state index contributed by atoms with van der Waals surface area (Å²) in [6, 6.07) is 14.2. The third kappa shape index (κ3) is 4.87. The Morgan fingerprint density at radius 2 is 1.67 bits per heavy atom. The van der Waals surface area contributed by atoms with E-state index in [1.807, 2.05) is 24.3 Å². The van der Waals surface area contributed by atoms with Gasteiger partial charge in [-0.1, -0.05) is 23.7 Å². The van der Waals surface area contributed by atoms with Crippen molar-refractivity contribution in [2.75, 3.05) is 34.5 Å². The van der Waals surface area contributed by atoms with Gasteiger partial charge < -0.3 is 23.8 Å². The number of hydrogen-bond acceptors (Lipinski definition) is 7. The highest BCUT2D eigenvalue weighted by molar-refractivity contribution is 6.34. The van der Waals surface area contributed by atoms with E-state index in [-0.39, 0.29) is 22.9 Å². The molecule has 0 aliphatic carbocycles. The summed E-state index contributed by atoms with van der Waals surface area (Å²) >= 11 is 6.31. The van der Waals surface area contributed by atoms with Gasteiger partial charge in [0.2, 0.25) is 0 Å². The van der Waals surface area contributed by atoms with Crippen molar-refractivity contribution >= 4 is 23.2 Å². The second-order valence-corrected chi connectivity index (χ2v) is 8.46. The Morgan fingerprint density at radius 1 is 1.00 bits per heavy atom. The third-order valence-electron chi connectivity index (χ3n) is 6.12. The highest BCUT2D eigenvalue weighted by atomic mass is 35.5. The van der Waals surface area contributed by atoms with Gasteiger partial charge in [-0.15, -0.1) is 0 Å². The monoisotopic (exact) mass is 512 g/mol. The first-order valence-electron chi connectivity index (χ1n) is 11.1. The number of benzene rings is 3. The molecule has 0 bridgehead atoms. The summed E-state index contributed by atoms with van der Waals surface area (Å²) in [7, 11) is 4.66. The number of carbonyl (C=O) groups is 1. The van der Waals surface area contributed by atoms with Crippen LogP contribution < -0.4 is 18.9 Å². The Bertz CT molecular complexity index is 1300. The zero-order chi connectivity index (χ0) is 25.8. The molecule has 0 N–H and O–H groups in total. The number of non-ortho nitro benzene ring substituents is 1. The van der Waals surface area contributed by atoms with Crippen LogP contribution in [0.3, 0.4) is 0 Å². The van der Waals surface area contributed by atoms with Gasteiger partial charge in [-0.25, -0.2) is 0 Å². The van der Waals surface area contributed by atoms with Crippen molar-refractivity contribution in [1.82, 2.24) is 4.90 Å². The van der Waals surface area contributed by atoms with E-state index in [1.54, 1.807) is 38.4 Å². The number of halogens is 1. The summed E-state index contributed by atoms with van der Waals surface area (Å²) in [4.78, 5) is 26.1. The number of carbonyl (C=O) groups excluding carboxylic acids is 1. The number of methoxy groups -OCH3 is 3. The number of amides is 1. The summed E-state index contributed by atoms with van der Waals surface area (Å²) in [5.41, 5.74) is 1.64. The molecule has 0 saturated heterocycles. The first-order chi connectivity index (χ1) is 17.4. The van der Waals surface area contributed by atoms with Crippen LogP contribution in [-0.4, -0.2) is 50.2 Å². The minimum Gasteiger partial charge on any atom is -0.493 e. The molecular formula is C26H25ClN2O7. The van der Waals surface area contributed by atoms with E-state index in [0.717, 1.165) is 11.1 Å². The van der Waals surface area contributed by atoms with Crippen molar-refractivity contribution in [3.05, 3.63) is 86.4 Å². The first kappa shape index (κ1) is 25.1. The fourth-order valence-corrected chi connectivity index (χ4v) is 4.50. The summed E-state index contributed by atoms with van der Waals surface area (Å²) in [6.45, 7) is 0.446. The van der Waals surface area contributed by atoms with Crippen LogP contribution in [0.1, 0.15) is 27.5 Å². The van der Waals surface area contributed by atoms with Gasteiger partial charge in [0.25, 0.3) is 11.6 Å². The molecule has 188 valence electrons. The molecule has 0 saturated carbocycles. The minimum atomic E-state index is -0.558. The van der Waals surface area contributed by atoms with Gasteiger partial charge in [-0.2, -0.15) is 0 Å². The van der Waals surface area contributed by atoms with Crippen molar-refractivity contribution in [1.29, 1.82) is 0 Å². The van der Waals surface area contributed by atoms with Crippen molar-refractivity contribution < 1.29 is 28.7 Å². The first-order valence-corrected chi connectivity index (χ1v) is 11.5. The van der Waals surface area contributed by atoms with Crippen molar-refractivity contribution in [2.45, 2.75) is 12.5 Å². The topological polar surface area (TPSA) is 100 Å². The molecule has 1 amide bonds. The minimum absolute atomic E-state index is 0.0529. The maximum Gasteiger partial charge on any atom is 0.270 e. The van der Waals surface area contributed by atoms with Crippen molar-refractivity contribution in [2.24, 2.45) is 0 Å². The van der Waals surface area contributed by atoms with E-state index in [0.29, 0.717) is 36.0 Å². The fraction of sp³-hybridized carbons (Fsp3) is 0.269. The Labute approximate surface area is 213 Å². The number of hydrogen-bond donors (Lipinski definition) is 0. The summed E-state index contributed by atoms with van der Waals surface area (Å²) in [5, 5.41) is 11.5. The van der Waals surface area contributed by atoms with Crippen LogP contribution in [0.15, 0.2) is 54.6 Å². The van der Waals surface area contributed by atoms with Gasteiger partial charge in [0, 0.05) is 18.7 Å². The molecule has 9 nitrogen and oxygen atoms in total. The molecule has 0 radical (unpaired) electrons. The van der Waals surface area contributed by atoms with E-state index >= 15 is 0 Å². The molecule has 3 aromatic rings. The van der Waals surface area contributed by atoms with Gasteiger partial charge in [0.15, 0.2) is 23.0 Å². The lowest BCUT2D eigenvalue weighted by Crippen LogP contribution is -2.42. The number of para-hydroxylation sites is 2. The quantitative estimate of drug-likeness (QED) is 0.306. The van der Waals surface area contributed by atoms with Crippen LogP contribution >= 0.6 is 11.6 Å². The lowest BCUT2D eigenvalue weighted by molar-refractivity contribution is -0.384. The Kier molecular flexibility index (Phi) is 7.49. The molecule has 1 unspecified atom stereocenters. The van der Waals surface area contributed by atoms with E-state index in [9.17, 15) is 14.9 Å². The van der Waals surface area contributed by atoms with Crippen LogP contribution in [0.4, 0.5) is 5.69 Å². The van der Waals surface area contributed by atoms with E-state index in [2.05, 4.69) is 0 Å². The van der Waals surface area contributed by atoms with Gasteiger partial charge in [-0.05, 0) is 47.9 Å². The Hall–Kier alpha value is -3.98. The molecule has 3 aromatic carbocycles. The average molecular weight is 513 g/mol. The highest BCUT2D eigenvalue weighted by Gasteiger charge is 2.34. The van der Waals surface area contributed by atoms with E-state index in [4.69, 9.17) is 30.5 Å². The predicted octanol–water partition coefficient (Wildman–Crippen LogP) is 5.09. The van der Waals surface area contributed by atoms with Gasteiger partial charge in [0.1, 0.15) is 6.61 Å². The molecule has 1 aliphatic heterocycles. The Morgan fingerprint density at radius 3 is 2.33 bits per heavy atom. The number of fused-ring (bicyclic) bond motifs is 1. The van der Waals surface area contributed by atoms with Gasteiger partial charge >= 0.3 is 0 Å². The molecular weight excluding hydrogens is 488 g/mol. The standard InChI is InChI=1S/C26H25ClN2O7/c1-33-22-6-4-5-7-23(22)36-15-21-18-14-25(35-3)24(34-2)12-16(18)10-11-28(21)26(30)19-13-17(29(31)32)8-9-20(19)27/h4-9,12-14,21H,10-11,15H2,1-3H3. The van der Waals surface area contributed by atoms with Crippen LogP contribution in [0.25, 0.3) is 0 Å². The third-order valence-corrected chi connectivity index (χ3v) is 6.45. The van der Waals surface area contributed by atoms with Crippen LogP contribution in [0, 0.1) is 10.1 Å². The lowest BCUT2D eigenvalue weighted by Gasteiger charge is -2.38. The fourth-order valence-electron chi connectivity index (χ4n) is 4.30. The van der Waals surface area contributed by atoms with E-state index < -0.39 is 16.9 Å². The second kappa shape index (κ2) is 10.7. The zero-order valence-corrected chi connectivity index (χ0v) is 20.8. The number of rotatable bonds is 8. The highest BCUT2D eigenvalue weighted by Crippen LogP contribution is 2.40. The predicted molar refractivity (Wildman–Crippen MR) is 134 cm³/mol. The molecule has 10 heteroatoms. The summed E-state index contributed by atoms with van der Waals surface area (Å²) in [5.74, 6) is 1.75. The molecule has 0 fully saturated rings. The smallest absolute Gasteiger partial charge is 0.270 e. The SMILES string of the molecule is COc1cc2c(cc1OC)C(COc1ccccc1OC)N(C(=O)c1cc([N+](=O)[O-])ccc1Cl)CC2. The molecule has 36 heavy (non-hydrogen) atoms. The molecule has 4 rings (SSSR count). The van der Waals surface area contributed by atoms with Crippen LogP contribution in [0.5, 0.6) is 23.0 Å². The molecule has 0 aromatic heterocycles. The van der Waals surface area contributed by atoms with Crippen molar-refractivity contribution in [3.8, 4) is 23.0 Å². The van der Waals surface area contributed by atoms with Crippen molar-refractivity contribution in [3.63, 3.8) is 0 Å². The number of ether oxygens (including phenoxy) is 4. The van der Waals surface area contributed by atoms with Gasteiger partial charge in [-0.3, -0.25) is 14.9 Å². The molecule has 1 atom stereocenters. The molecule has 0 spiro atoms. The maximum atomic E-state index is 13.7. The van der Waals surface area contributed by atoms with Crippen LogP contribution in [-0.2, 0) is 6.42 Å². The molecule has 1 heterocycles. The van der Waals surface area contributed by atoms with Crippen LogP contribution in [0.2, 0.25) is 5.02 Å². The molecule has 1 aliphatic rings. The number of nitro groups is 1. The van der Waals surface area contributed by atoms with Gasteiger partial charge in [0.05, 0.1) is 42.9 Å². The zero-order valence-electron chi connectivity index (χ0n) is 20.0. The average Bonchev–Trinajstić information content (AvgIpc) is 2.90. The summed E-state index contributed by atoms with van der Waals surface area (Å²) < 4.78 is 22.5.